The molecule has 0 aromatic rings. The minimum atomic E-state index is 0.451. The number of nitrogens with zero attached hydrogens (tertiary/aromatic N) is 2. The van der Waals surface area contributed by atoms with Crippen LogP contribution in [0.2, 0.25) is 0 Å². The van der Waals surface area contributed by atoms with E-state index in [0.29, 0.717) is 17.5 Å². The van der Waals surface area contributed by atoms with Crippen molar-refractivity contribution in [3.8, 4) is 0 Å². The Morgan fingerprint density at radius 1 is 1.10 bits per heavy atom. The van der Waals surface area contributed by atoms with Crippen molar-refractivity contribution >= 4 is 0 Å². The van der Waals surface area contributed by atoms with Gasteiger partial charge >= 0.3 is 0 Å². The molecular weight excluding hydrogens is 246 g/mol. The van der Waals surface area contributed by atoms with Crippen molar-refractivity contribution in [3.63, 3.8) is 0 Å². The van der Waals surface area contributed by atoms with E-state index < -0.39 is 0 Å². The molecule has 0 spiro atoms. The molecule has 118 valence electrons. The molecule has 4 unspecified atom stereocenters. The molecule has 1 saturated heterocycles. The quantitative estimate of drug-likeness (QED) is 0.838. The van der Waals surface area contributed by atoms with E-state index in [-0.39, 0.29) is 0 Å². The van der Waals surface area contributed by atoms with Crippen LogP contribution in [0.15, 0.2) is 0 Å². The molecule has 1 N–H and O–H groups in total. The maximum absolute atomic E-state index is 3.60. The van der Waals surface area contributed by atoms with Crippen LogP contribution in [-0.2, 0) is 0 Å². The molecule has 1 heterocycles. The molecule has 4 atom stereocenters. The van der Waals surface area contributed by atoms with Crippen molar-refractivity contribution in [3.05, 3.63) is 0 Å². The van der Waals surface area contributed by atoms with E-state index in [1.165, 1.54) is 38.9 Å². The van der Waals surface area contributed by atoms with Crippen LogP contribution < -0.4 is 5.32 Å². The van der Waals surface area contributed by atoms with E-state index in [4.69, 9.17) is 0 Å². The third kappa shape index (κ3) is 3.55. The summed E-state index contributed by atoms with van der Waals surface area (Å²) in [6.45, 7) is 13.3. The van der Waals surface area contributed by atoms with Crippen LogP contribution in [0.3, 0.4) is 0 Å². The average Bonchev–Trinajstić information content (AvgIpc) is 2.37. The smallest absolute Gasteiger partial charge is 0.0255 e. The Morgan fingerprint density at radius 3 is 2.35 bits per heavy atom. The lowest BCUT2D eigenvalue weighted by atomic mass is 9.69. The molecule has 20 heavy (non-hydrogen) atoms. The van der Waals surface area contributed by atoms with Gasteiger partial charge in [0, 0.05) is 37.8 Å². The molecule has 3 heteroatoms. The van der Waals surface area contributed by atoms with E-state index in [2.05, 4.69) is 56.9 Å². The summed E-state index contributed by atoms with van der Waals surface area (Å²) in [4.78, 5) is 5.26. The van der Waals surface area contributed by atoms with Crippen LogP contribution in [-0.4, -0.2) is 61.7 Å². The zero-order valence-corrected chi connectivity index (χ0v) is 14.4. The summed E-state index contributed by atoms with van der Waals surface area (Å²) < 4.78 is 0. The largest absolute Gasteiger partial charge is 0.315 e. The standard InChI is InChI=1S/C17H35N3/c1-13-12-19(6)9-10-20(13)16-11-14(17(2,3)4)7-8-15(16)18-5/h13-16,18H,7-12H2,1-6H3. The summed E-state index contributed by atoms with van der Waals surface area (Å²) in [5.41, 5.74) is 0.451. The molecule has 2 aliphatic rings. The third-order valence-electron chi connectivity index (χ3n) is 5.72. The van der Waals surface area contributed by atoms with Crippen LogP contribution in [0, 0.1) is 11.3 Å². The third-order valence-corrected chi connectivity index (χ3v) is 5.72. The first kappa shape index (κ1) is 16.3. The van der Waals surface area contributed by atoms with Crippen LogP contribution in [0.1, 0.15) is 47.0 Å². The second-order valence-corrected chi connectivity index (χ2v) is 8.19. The fraction of sp³-hybridized carbons (Fsp3) is 1.00. The predicted octanol–water partition coefficient (Wildman–Crippen LogP) is 2.43. The Labute approximate surface area is 126 Å². The molecule has 1 aliphatic heterocycles. The highest BCUT2D eigenvalue weighted by Gasteiger charge is 2.40. The molecule has 0 amide bonds. The van der Waals surface area contributed by atoms with Gasteiger partial charge in [-0.05, 0) is 51.6 Å². The van der Waals surface area contributed by atoms with Crippen molar-refractivity contribution in [1.29, 1.82) is 0 Å². The highest BCUT2D eigenvalue weighted by molar-refractivity contribution is 4.96. The molecule has 3 nitrogen and oxygen atoms in total. The molecule has 0 radical (unpaired) electrons. The topological polar surface area (TPSA) is 18.5 Å². The summed E-state index contributed by atoms with van der Waals surface area (Å²) in [5.74, 6) is 0.865. The van der Waals surface area contributed by atoms with Crippen molar-refractivity contribution in [2.75, 3.05) is 33.7 Å². The Morgan fingerprint density at radius 2 is 1.80 bits per heavy atom. The summed E-state index contributed by atoms with van der Waals surface area (Å²) in [5, 5.41) is 3.60. The van der Waals surface area contributed by atoms with Gasteiger partial charge in [0.1, 0.15) is 0 Å². The van der Waals surface area contributed by atoms with Crippen LogP contribution in [0.4, 0.5) is 0 Å². The van der Waals surface area contributed by atoms with Crippen molar-refractivity contribution in [2.24, 2.45) is 11.3 Å². The van der Waals surface area contributed by atoms with Gasteiger partial charge in [-0.2, -0.15) is 0 Å². The van der Waals surface area contributed by atoms with Crippen LogP contribution >= 0.6 is 0 Å². The molecule has 0 aromatic carbocycles. The summed E-state index contributed by atoms with van der Waals surface area (Å²) >= 11 is 0. The van der Waals surface area contributed by atoms with Gasteiger partial charge in [-0.15, -0.1) is 0 Å². The maximum Gasteiger partial charge on any atom is 0.0255 e. The minimum absolute atomic E-state index is 0.451. The Balaban J connectivity index is 2.09. The first-order valence-corrected chi connectivity index (χ1v) is 8.44. The normalized spacial score (nSPS) is 38.1. The van der Waals surface area contributed by atoms with E-state index in [1.807, 2.05) is 0 Å². The highest BCUT2D eigenvalue weighted by Crippen LogP contribution is 2.40. The predicted molar refractivity (Wildman–Crippen MR) is 87.1 cm³/mol. The fourth-order valence-electron chi connectivity index (χ4n) is 4.28. The number of likely N-dealkylation sites (N-methyl/N-ethyl adjacent to an activating group) is 2. The van der Waals surface area contributed by atoms with Crippen LogP contribution in [0.25, 0.3) is 0 Å². The van der Waals surface area contributed by atoms with Crippen molar-refractivity contribution in [1.82, 2.24) is 15.1 Å². The van der Waals surface area contributed by atoms with Gasteiger partial charge in [0.2, 0.25) is 0 Å². The molecule has 1 aliphatic carbocycles. The van der Waals surface area contributed by atoms with Gasteiger partial charge in [0.15, 0.2) is 0 Å². The number of piperazine rings is 1. The molecular formula is C17H35N3. The number of hydrogen-bond donors (Lipinski definition) is 1. The lowest BCUT2D eigenvalue weighted by Crippen LogP contribution is -2.61. The van der Waals surface area contributed by atoms with E-state index in [1.54, 1.807) is 0 Å². The lowest BCUT2D eigenvalue weighted by molar-refractivity contribution is 0.00375. The van der Waals surface area contributed by atoms with Gasteiger partial charge < -0.3 is 10.2 Å². The van der Waals surface area contributed by atoms with Gasteiger partial charge in [0.25, 0.3) is 0 Å². The number of rotatable bonds is 2. The van der Waals surface area contributed by atoms with E-state index in [0.717, 1.165) is 12.0 Å². The Kier molecular flexibility index (Phi) is 5.14. The second-order valence-electron chi connectivity index (χ2n) is 8.19. The highest BCUT2D eigenvalue weighted by atomic mass is 15.3. The van der Waals surface area contributed by atoms with Gasteiger partial charge in [0.05, 0.1) is 0 Å². The molecule has 2 rings (SSSR count). The Bertz CT molecular complexity index is 310. The second kappa shape index (κ2) is 6.33. The van der Waals surface area contributed by atoms with E-state index >= 15 is 0 Å². The fourth-order valence-corrected chi connectivity index (χ4v) is 4.28. The van der Waals surface area contributed by atoms with Crippen molar-refractivity contribution in [2.45, 2.75) is 65.1 Å². The monoisotopic (exact) mass is 281 g/mol. The van der Waals surface area contributed by atoms with Crippen molar-refractivity contribution < 1.29 is 0 Å². The number of hydrogen-bond acceptors (Lipinski definition) is 3. The van der Waals surface area contributed by atoms with E-state index in [9.17, 15) is 0 Å². The molecule has 1 saturated carbocycles. The zero-order chi connectivity index (χ0) is 14.9. The summed E-state index contributed by atoms with van der Waals surface area (Å²) in [7, 11) is 4.40. The number of nitrogens with one attached hydrogen (secondary N) is 1. The lowest BCUT2D eigenvalue weighted by Gasteiger charge is -2.50. The van der Waals surface area contributed by atoms with Gasteiger partial charge in [-0.25, -0.2) is 0 Å². The SMILES string of the molecule is CNC1CCC(C(C)(C)C)CC1N1CCN(C)CC1C. The maximum atomic E-state index is 3.60. The average molecular weight is 281 g/mol. The molecule has 0 bridgehead atoms. The first-order chi connectivity index (χ1) is 9.32. The minimum Gasteiger partial charge on any atom is -0.315 e. The molecule has 0 aromatic heterocycles. The summed E-state index contributed by atoms with van der Waals surface area (Å²) in [6, 6.07) is 2.09. The Hall–Kier alpha value is -0.120. The summed E-state index contributed by atoms with van der Waals surface area (Å²) in [6.07, 6.45) is 4.08. The first-order valence-electron chi connectivity index (χ1n) is 8.44. The van der Waals surface area contributed by atoms with Gasteiger partial charge in [-0.1, -0.05) is 20.8 Å². The van der Waals surface area contributed by atoms with Gasteiger partial charge in [-0.3, -0.25) is 4.90 Å². The van der Waals surface area contributed by atoms with Crippen LogP contribution in [0.5, 0.6) is 0 Å². The molecule has 2 fully saturated rings. The zero-order valence-electron chi connectivity index (χ0n) is 14.4.